The number of hydrogen-bond donors (Lipinski definition) is 1. The fourth-order valence-electron chi connectivity index (χ4n) is 2.21. The van der Waals surface area contributed by atoms with Gasteiger partial charge in [0.2, 0.25) is 12.7 Å². The zero-order chi connectivity index (χ0) is 16.9. The molecular formula is C17H14NO5S-. The summed E-state index contributed by atoms with van der Waals surface area (Å²) in [5, 5.41) is 13.8. The molecule has 124 valence electrons. The second-order valence-electron chi connectivity index (χ2n) is 5.04. The monoisotopic (exact) mass is 344 g/mol. The van der Waals surface area contributed by atoms with Crippen molar-refractivity contribution in [3.63, 3.8) is 0 Å². The first-order chi connectivity index (χ1) is 11.6. The van der Waals surface area contributed by atoms with Crippen LogP contribution in [0, 0.1) is 0 Å². The fourth-order valence-corrected chi connectivity index (χ4v) is 3.08. The number of benzene rings is 2. The maximum absolute atomic E-state index is 12.0. The molecule has 1 amide bonds. The van der Waals surface area contributed by atoms with Gasteiger partial charge in [0.05, 0.1) is 11.7 Å². The number of aromatic carboxylic acids is 1. The molecule has 3 rings (SSSR count). The number of thioether (sulfide) groups is 1. The van der Waals surface area contributed by atoms with E-state index in [-0.39, 0.29) is 24.0 Å². The van der Waals surface area contributed by atoms with E-state index in [4.69, 9.17) is 9.47 Å². The van der Waals surface area contributed by atoms with Crippen LogP contribution in [0.25, 0.3) is 0 Å². The second kappa shape index (κ2) is 7.27. The molecule has 1 heterocycles. The van der Waals surface area contributed by atoms with E-state index >= 15 is 0 Å². The largest absolute Gasteiger partial charge is 0.545 e. The Morgan fingerprint density at radius 3 is 2.75 bits per heavy atom. The Morgan fingerprint density at radius 2 is 1.92 bits per heavy atom. The lowest BCUT2D eigenvalue weighted by Gasteiger charge is -2.10. The highest BCUT2D eigenvalue weighted by molar-refractivity contribution is 8.00. The van der Waals surface area contributed by atoms with Gasteiger partial charge in [-0.05, 0) is 23.8 Å². The van der Waals surface area contributed by atoms with Crippen molar-refractivity contribution in [3.8, 4) is 11.5 Å². The highest BCUT2D eigenvalue weighted by Gasteiger charge is 2.13. The van der Waals surface area contributed by atoms with E-state index in [0.717, 1.165) is 17.3 Å². The molecule has 1 aliphatic rings. The smallest absolute Gasteiger partial charge is 0.231 e. The summed E-state index contributed by atoms with van der Waals surface area (Å²) in [4.78, 5) is 23.5. The van der Waals surface area contributed by atoms with Gasteiger partial charge in [-0.2, -0.15) is 0 Å². The van der Waals surface area contributed by atoms with Crippen molar-refractivity contribution >= 4 is 23.6 Å². The average Bonchev–Trinajstić information content (AvgIpc) is 3.06. The number of carboxylic acid groups (broad SMARTS) is 1. The van der Waals surface area contributed by atoms with Crippen LogP contribution in [-0.4, -0.2) is 24.4 Å². The number of fused-ring (bicyclic) bond motifs is 1. The normalized spacial score (nSPS) is 12.0. The second-order valence-corrected chi connectivity index (χ2v) is 6.05. The lowest BCUT2D eigenvalue weighted by Crippen LogP contribution is -2.25. The average molecular weight is 344 g/mol. The summed E-state index contributed by atoms with van der Waals surface area (Å²) in [5.74, 6) is 0.0395. The number of carboxylic acids is 1. The lowest BCUT2D eigenvalue weighted by molar-refractivity contribution is -0.255. The number of carbonyl (C=O) groups is 2. The van der Waals surface area contributed by atoms with Crippen molar-refractivity contribution in [1.82, 2.24) is 5.32 Å². The Labute approximate surface area is 142 Å². The Kier molecular flexibility index (Phi) is 4.90. The van der Waals surface area contributed by atoms with Gasteiger partial charge in [0.1, 0.15) is 0 Å². The van der Waals surface area contributed by atoms with Crippen LogP contribution in [0.1, 0.15) is 15.9 Å². The van der Waals surface area contributed by atoms with Crippen molar-refractivity contribution < 1.29 is 24.2 Å². The van der Waals surface area contributed by atoms with E-state index in [0.29, 0.717) is 22.9 Å². The zero-order valence-corrected chi connectivity index (χ0v) is 13.4. The first-order valence-corrected chi connectivity index (χ1v) is 8.20. The molecule has 0 spiro atoms. The molecule has 1 aliphatic heterocycles. The number of hydrogen-bond acceptors (Lipinski definition) is 6. The van der Waals surface area contributed by atoms with E-state index in [1.54, 1.807) is 24.3 Å². The number of amides is 1. The lowest BCUT2D eigenvalue weighted by atomic mass is 10.2. The molecule has 0 unspecified atom stereocenters. The van der Waals surface area contributed by atoms with Crippen molar-refractivity contribution in [2.75, 3.05) is 12.5 Å². The van der Waals surface area contributed by atoms with Gasteiger partial charge in [0, 0.05) is 17.0 Å². The maximum atomic E-state index is 12.0. The summed E-state index contributed by atoms with van der Waals surface area (Å²) in [5.41, 5.74) is 0.985. The fraction of sp³-hybridized carbons (Fsp3) is 0.176. The molecule has 0 aliphatic carbocycles. The van der Waals surface area contributed by atoms with E-state index in [1.165, 1.54) is 6.07 Å². The highest BCUT2D eigenvalue weighted by atomic mass is 32.2. The van der Waals surface area contributed by atoms with E-state index in [1.807, 2.05) is 12.1 Å². The number of nitrogens with one attached hydrogen (secondary N) is 1. The highest BCUT2D eigenvalue weighted by Crippen LogP contribution is 2.32. The van der Waals surface area contributed by atoms with Crippen LogP contribution in [0.15, 0.2) is 47.4 Å². The summed E-state index contributed by atoms with van der Waals surface area (Å²) in [6, 6.07) is 11.9. The molecule has 0 fully saturated rings. The van der Waals surface area contributed by atoms with Gasteiger partial charge in [-0.25, -0.2) is 0 Å². The molecule has 2 aromatic carbocycles. The summed E-state index contributed by atoms with van der Waals surface area (Å²) < 4.78 is 10.5. The van der Waals surface area contributed by atoms with Crippen LogP contribution >= 0.6 is 11.8 Å². The SMILES string of the molecule is O=C(CSc1ccccc1C(=O)[O-])NCc1ccc2c(c1)OCO2. The molecule has 24 heavy (non-hydrogen) atoms. The Balaban J connectivity index is 1.52. The van der Waals surface area contributed by atoms with Gasteiger partial charge in [-0.3, -0.25) is 4.79 Å². The third kappa shape index (κ3) is 3.80. The van der Waals surface area contributed by atoms with E-state index in [2.05, 4.69) is 5.32 Å². The van der Waals surface area contributed by atoms with Crippen molar-refractivity contribution in [1.29, 1.82) is 0 Å². The molecule has 0 bridgehead atoms. The Morgan fingerprint density at radius 1 is 1.12 bits per heavy atom. The molecule has 0 atom stereocenters. The maximum Gasteiger partial charge on any atom is 0.231 e. The summed E-state index contributed by atoms with van der Waals surface area (Å²) in [6.07, 6.45) is 0. The molecule has 7 heteroatoms. The van der Waals surface area contributed by atoms with Crippen LogP contribution in [0.2, 0.25) is 0 Å². The summed E-state index contributed by atoms with van der Waals surface area (Å²) in [6.45, 7) is 0.567. The van der Waals surface area contributed by atoms with Crippen molar-refractivity contribution in [3.05, 3.63) is 53.6 Å². The molecule has 6 nitrogen and oxygen atoms in total. The topological polar surface area (TPSA) is 87.7 Å². The number of ether oxygens (including phenoxy) is 2. The van der Waals surface area contributed by atoms with Crippen molar-refractivity contribution in [2.45, 2.75) is 11.4 Å². The third-order valence-corrected chi connectivity index (χ3v) is 4.47. The molecule has 0 aromatic heterocycles. The predicted molar refractivity (Wildman–Crippen MR) is 85.9 cm³/mol. The quantitative estimate of drug-likeness (QED) is 0.792. The Hall–Kier alpha value is -2.67. The first-order valence-electron chi connectivity index (χ1n) is 7.22. The van der Waals surface area contributed by atoms with Crippen molar-refractivity contribution in [2.24, 2.45) is 0 Å². The third-order valence-electron chi connectivity index (χ3n) is 3.39. The summed E-state index contributed by atoms with van der Waals surface area (Å²) in [7, 11) is 0. The van der Waals surface area contributed by atoms with Crippen LogP contribution < -0.4 is 19.9 Å². The molecule has 0 saturated heterocycles. The van der Waals surface area contributed by atoms with E-state index < -0.39 is 5.97 Å². The standard InChI is InChI=1S/C17H15NO5S/c19-16(9-24-15-4-2-1-3-12(15)17(20)21)18-8-11-5-6-13-14(7-11)23-10-22-13/h1-7H,8-10H2,(H,18,19)(H,20,21)/p-1. The summed E-state index contributed by atoms with van der Waals surface area (Å²) >= 11 is 1.16. The van der Waals surface area contributed by atoms with Crippen LogP contribution in [0.4, 0.5) is 0 Å². The van der Waals surface area contributed by atoms with Gasteiger partial charge >= 0.3 is 0 Å². The number of rotatable bonds is 6. The molecular weight excluding hydrogens is 330 g/mol. The van der Waals surface area contributed by atoms with Gasteiger partial charge in [-0.1, -0.05) is 24.3 Å². The van der Waals surface area contributed by atoms with Gasteiger partial charge in [-0.15, -0.1) is 11.8 Å². The van der Waals surface area contributed by atoms with Crippen LogP contribution in [0.3, 0.4) is 0 Å². The molecule has 0 saturated carbocycles. The minimum absolute atomic E-state index is 0.0890. The minimum Gasteiger partial charge on any atom is -0.545 e. The molecule has 0 radical (unpaired) electrons. The predicted octanol–water partition coefficient (Wildman–Crippen LogP) is 1.19. The number of carbonyl (C=O) groups excluding carboxylic acids is 2. The van der Waals surface area contributed by atoms with E-state index in [9.17, 15) is 14.7 Å². The van der Waals surface area contributed by atoms with Gasteiger partial charge in [0.25, 0.3) is 0 Å². The van der Waals surface area contributed by atoms with Gasteiger partial charge < -0.3 is 24.7 Å². The van der Waals surface area contributed by atoms with Crippen LogP contribution in [0.5, 0.6) is 11.5 Å². The Bertz CT molecular complexity index is 777. The minimum atomic E-state index is -1.25. The zero-order valence-electron chi connectivity index (χ0n) is 12.6. The first kappa shape index (κ1) is 16.2. The van der Waals surface area contributed by atoms with Crippen LogP contribution in [-0.2, 0) is 11.3 Å². The molecule has 1 N–H and O–H groups in total. The molecule has 2 aromatic rings. The van der Waals surface area contributed by atoms with Gasteiger partial charge in [0.15, 0.2) is 11.5 Å².